The molecule has 0 saturated carbocycles. The molecular weight excluding hydrogens is 1010 g/mol. The van der Waals surface area contributed by atoms with Gasteiger partial charge in [0.25, 0.3) is 6.71 Å². The molecule has 9 aromatic carbocycles. The molecule has 2 unspecified atom stereocenters. The largest absolute Gasteiger partial charge is 0.330 e. The molecular formula is C80H82BN3. The summed E-state index contributed by atoms with van der Waals surface area (Å²) >= 11 is 0. The first-order valence-corrected chi connectivity index (χ1v) is 31.5. The Morgan fingerprint density at radius 2 is 0.905 bits per heavy atom. The molecule has 0 aromatic heterocycles. The molecule has 3 nitrogen and oxygen atoms in total. The van der Waals surface area contributed by atoms with E-state index in [9.17, 15) is 0 Å². The molecule has 0 bridgehead atoms. The second kappa shape index (κ2) is 18.0. The van der Waals surface area contributed by atoms with Gasteiger partial charge in [0.1, 0.15) is 0 Å². The summed E-state index contributed by atoms with van der Waals surface area (Å²) in [4.78, 5) is 8.27. The van der Waals surface area contributed by atoms with E-state index in [1.54, 1.807) is 0 Å². The Kier molecular flexibility index (Phi) is 11.4. The summed E-state index contributed by atoms with van der Waals surface area (Å²) in [5.41, 5.74) is 30.0. The quantitative estimate of drug-likeness (QED) is 0.159. The Balaban J connectivity index is 1.10. The van der Waals surface area contributed by atoms with Crippen molar-refractivity contribution in [1.82, 2.24) is 0 Å². The fourth-order valence-electron chi connectivity index (χ4n) is 16.9. The summed E-state index contributed by atoms with van der Waals surface area (Å²) in [6, 6.07) is 74.2. The maximum absolute atomic E-state index is 2.83. The number of nitrogens with zero attached hydrogens (tertiary/aromatic N) is 3. The molecule has 15 rings (SSSR count). The standard InChI is InChI=1S/C80H82BN3/c1-74(2,3)56-32-36-68-65(45-56)79(12)38-37-53-27-20-21-30-60(53)80(79,13)84(68)59-47-71-73-72(48-59)83(58-33-34-61-62(46-58)76(6,7)40-39-75(61,4)5)70-50-64-63(77(8,9)41-42-78(64,10)11)49-67(70)81(73)66-35-31-55(52-25-18-15-19-26-52)44-69(66)82(71)57-29-22-28-54(43-57)51-23-16-14-17-24-51/h14-36,43-50H,37-42H2,1-13H3. The van der Waals surface area contributed by atoms with Gasteiger partial charge in [-0.2, -0.15) is 0 Å². The summed E-state index contributed by atoms with van der Waals surface area (Å²) in [7, 11) is 0. The van der Waals surface area contributed by atoms with Crippen LogP contribution < -0.4 is 31.1 Å². The molecule has 420 valence electrons. The zero-order valence-electron chi connectivity index (χ0n) is 52.1. The van der Waals surface area contributed by atoms with Gasteiger partial charge < -0.3 is 14.7 Å². The Hall–Kier alpha value is -7.56. The molecule has 3 aliphatic heterocycles. The van der Waals surface area contributed by atoms with E-state index in [1.807, 2.05) is 0 Å². The van der Waals surface area contributed by atoms with Crippen LogP contribution in [0.2, 0.25) is 0 Å². The lowest BCUT2D eigenvalue weighted by Crippen LogP contribution is -2.62. The van der Waals surface area contributed by atoms with E-state index in [0.717, 1.165) is 37.8 Å². The van der Waals surface area contributed by atoms with Crippen LogP contribution in [0.4, 0.5) is 45.5 Å². The van der Waals surface area contributed by atoms with E-state index >= 15 is 0 Å². The van der Waals surface area contributed by atoms with Crippen molar-refractivity contribution in [3.05, 3.63) is 233 Å². The third kappa shape index (κ3) is 7.63. The number of benzene rings is 9. The topological polar surface area (TPSA) is 9.72 Å². The lowest BCUT2D eigenvalue weighted by molar-refractivity contribution is 0.245. The summed E-state index contributed by atoms with van der Waals surface area (Å²) < 4.78 is 0. The predicted molar refractivity (Wildman–Crippen MR) is 359 cm³/mol. The molecule has 9 aromatic rings. The van der Waals surface area contributed by atoms with Gasteiger partial charge in [-0.1, -0.05) is 217 Å². The van der Waals surface area contributed by atoms with Crippen LogP contribution in [0.3, 0.4) is 0 Å². The van der Waals surface area contributed by atoms with Gasteiger partial charge >= 0.3 is 0 Å². The number of hydrogen-bond donors (Lipinski definition) is 0. The minimum absolute atomic E-state index is 0.00504. The highest BCUT2D eigenvalue weighted by Gasteiger charge is 2.61. The van der Waals surface area contributed by atoms with Crippen molar-refractivity contribution in [3.8, 4) is 22.3 Å². The zero-order chi connectivity index (χ0) is 58.3. The average Bonchev–Trinajstić information content (AvgIpc) is 1.33. The van der Waals surface area contributed by atoms with E-state index in [0.29, 0.717) is 0 Å². The van der Waals surface area contributed by atoms with Gasteiger partial charge in [0.2, 0.25) is 0 Å². The summed E-state index contributed by atoms with van der Waals surface area (Å²) in [6.45, 7) is 32.2. The number of hydrogen-bond acceptors (Lipinski definition) is 3. The van der Waals surface area contributed by atoms with Crippen molar-refractivity contribution >= 4 is 68.6 Å². The minimum Gasteiger partial charge on any atom is -0.330 e. The lowest BCUT2D eigenvalue weighted by Gasteiger charge is -2.52. The highest BCUT2D eigenvalue weighted by Crippen LogP contribution is 2.65. The molecule has 3 aliphatic carbocycles. The van der Waals surface area contributed by atoms with Crippen LogP contribution in [0.25, 0.3) is 22.3 Å². The normalized spacial score (nSPS) is 21.5. The lowest BCUT2D eigenvalue weighted by atomic mass is 9.33. The van der Waals surface area contributed by atoms with Crippen molar-refractivity contribution in [1.29, 1.82) is 0 Å². The van der Waals surface area contributed by atoms with Crippen LogP contribution in [0, 0.1) is 0 Å². The zero-order valence-corrected chi connectivity index (χ0v) is 52.1. The molecule has 2 atom stereocenters. The van der Waals surface area contributed by atoms with Gasteiger partial charge in [0.15, 0.2) is 0 Å². The summed E-state index contributed by atoms with van der Waals surface area (Å²) in [6.07, 6.45) is 6.73. The number of anilines is 8. The van der Waals surface area contributed by atoms with Crippen LogP contribution in [0.5, 0.6) is 0 Å². The highest BCUT2D eigenvalue weighted by atomic mass is 15.3. The third-order valence-electron chi connectivity index (χ3n) is 22.4. The molecule has 0 saturated heterocycles. The highest BCUT2D eigenvalue weighted by molar-refractivity contribution is 7.00. The van der Waals surface area contributed by atoms with Crippen molar-refractivity contribution in [2.45, 2.75) is 167 Å². The van der Waals surface area contributed by atoms with Crippen molar-refractivity contribution < 1.29 is 0 Å². The fourth-order valence-corrected chi connectivity index (χ4v) is 16.9. The van der Waals surface area contributed by atoms with E-state index in [4.69, 9.17) is 0 Å². The van der Waals surface area contributed by atoms with Gasteiger partial charge in [-0.25, -0.2) is 0 Å². The van der Waals surface area contributed by atoms with Gasteiger partial charge in [-0.15, -0.1) is 0 Å². The van der Waals surface area contributed by atoms with Gasteiger partial charge in [0, 0.05) is 50.9 Å². The van der Waals surface area contributed by atoms with Crippen LogP contribution in [0.1, 0.15) is 167 Å². The molecule has 6 aliphatic rings. The Morgan fingerprint density at radius 3 is 1.55 bits per heavy atom. The van der Waals surface area contributed by atoms with E-state index in [1.165, 1.54) is 129 Å². The molecule has 0 radical (unpaired) electrons. The summed E-state index contributed by atoms with van der Waals surface area (Å²) in [5, 5.41) is 0. The second-order valence-electron chi connectivity index (χ2n) is 30.2. The Bertz CT molecular complexity index is 4190. The van der Waals surface area contributed by atoms with Crippen molar-refractivity contribution in [2.24, 2.45) is 0 Å². The minimum atomic E-state index is -0.431. The van der Waals surface area contributed by atoms with Crippen molar-refractivity contribution in [2.75, 3.05) is 14.7 Å². The first-order chi connectivity index (χ1) is 40.0. The first-order valence-electron chi connectivity index (χ1n) is 31.5. The van der Waals surface area contributed by atoms with Crippen LogP contribution in [-0.2, 0) is 44.4 Å². The van der Waals surface area contributed by atoms with Gasteiger partial charge in [0.05, 0.1) is 5.54 Å². The average molecular weight is 1100 g/mol. The van der Waals surface area contributed by atoms with E-state index in [-0.39, 0.29) is 39.2 Å². The summed E-state index contributed by atoms with van der Waals surface area (Å²) in [5.74, 6) is 0. The Labute approximate surface area is 501 Å². The molecule has 0 N–H and O–H groups in total. The first kappa shape index (κ1) is 53.2. The Morgan fingerprint density at radius 1 is 0.357 bits per heavy atom. The maximum Gasteiger partial charge on any atom is 0.252 e. The number of fused-ring (bicyclic) bond motifs is 11. The molecule has 0 spiro atoms. The number of rotatable bonds is 5. The van der Waals surface area contributed by atoms with Crippen LogP contribution >= 0.6 is 0 Å². The SMILES string of the molecule is CC(C)(C)c1ccc2c(c1)C1(C)CCc3ccccc3C1(C)N2c1cc2c3c(c1)N(c1ccc4c(c1)C(C)(C)CCC4(C)C)c1cc4c(cc1B3c1ccc(-c3ccccc3)cc1N2c1cccc(-c2ccccc2)c1)C(C)(C)CCC4(C)C. The third-order valence-corrected chi connectivity index (χ3v) is 22.4. The van der Waals surface area contributed by atoms with Crippen LogP contribution in [-0.4, -0.2) is 6.71 Å². The molecule has 0 amide bonds. The number of aryl methyl sites for hydroxylation is 1. The smallest absolute Gasteiger partial charge is 0.252 e. The van der Waals surface area contributed by atoms with Crippen LogP contribution in [0.15, 0.2) is 188 Å². The van der Waals surface area contributed by atoms with E-state index < -0.39 is 5.54 Å². The molecule has 3 heterocycles. The van der Waals surface area contributed by atoms with Gasteiger partial charge in [-0.05, 0) is 210 Å². The predicted octanol–water partition coefficient (Wildman–Crippen LogP) is 19.4. The molecule has 4 heteroatoms. The monoisotopic (exact) mass is 1100 g/mol. The molecule has 0 fully saturated rings. The van der Waals surface area contributed by atoms with Gasteiger partial charge in [-0.3, -0.25) is 0 Å². The van der Waals surface area contributed by atoms with Crippen molar-refractivity contribution in [3.63, 3.8) is 0 Å². The van der Waals surface area contributed by atoms with E-state index in [2.05, 4.69) is 293 Å². The second-order valence-corrected chi connectivity index (χ2v) is 30.2. The molecule has 84 heavy (non-hydrogen) atoms. The fraction of sp³-hybridized carbons (Fsp3) is 0.325. The maximum atomic E-state index is 2.83.